The highest BCUT2D eigenvalue weighted by atomic mass is 32.2. The molecule has 2 nitrogen and oxygen atoms in total. The number of aromatic nitrogens is 1. The van der Waals surface area contributed by atoms with Gasteiger partial charge in [-0.25, -0.2) is 0 Å². The Balaban J connectivity index is 1.99. The molecule has 1 aliphatic rings. The van der Waals surface area contributed by atoms with E-state index in [2.05, 4.69) is 35.3 Å². The van der Waals surface area contributed by atoms with Crippen molar-refractivity contribution in [3.63, 3.8) is 0 Å². The van der Waals surface area contributed by atoms with Gasteiger partial charge in [0.1, 0.15) is 0 Å². The van der Waals surface area contributed by atoms with Gasteiger partial charge in [-0.3, -0.25) is 4.98 Å². The van der Waals surface area contributed by atoms with Crippen LogP contribution in [0.4, 0.5) is 0 Å². The van der Waals surface area contributed by atoms with E-state index in [1.807, 2.05) is 18.0 Å². The van der Waals surface area contributed by atoms with Gasteiger partial charge in [0, 0.05) is 31.0 Å². The van der Waals surface area contributed by atoms with Crippen molar-refractivity contribution in [2.45, 2.75) is 11.7 Å². The Labute approximate surface area is 89.7 Å². The van der Waals surface area contributed by atoms with Crippen molar-refractivity contribution in [1.82, 2.24) is 9.88 Å². The van der Waals surface area contributed by atoms with Crippen molar-refractivity contribution < 1.29 is 0 Å². The van der Waals surface area contributed by atoms with E-state index in [4.69, 9.17) is 0 Å². The molecular formula is C11H16N2S. The number of nitrogens with zero attached hydrogens (tertiary/aromatic N) is 2. The molecule has 0 unspecified atom stereocenters. The minimum atomic E-state index is 0.718. The Hall–Kier alpha value is -0.540. The third kappa shape index (κ3) is 2.10. The first-order valence-corrected chi connectivity index (χ1v) is 6.31. The van der Waals surface area contributed by atoms with Crippen LogP contribution in [0.3, 0.4) is 0 Å². The van der Waals surface area contributed by atoms with Crippen molar-refractivity contribution >= 4 is 11.8 Å². The lowest BCUT2D eigenvalue weighted by atomic mass is 9.93. The maximum atomic E-state index is 4.46. The van der Waals surface area contributed by atoms with E-state index in [-0.39, 0.29) is 0 Å². The summed E-state index contributed by atoms with van der Waals surface area (Å²) in [5, 5.41) is 0. The van der Waals surface area contributed by atoms with Crippen LogP contribution in [0.5, 0.6) is 0 Å². The highest BCUT2D eigenvalue weighted by Crippen LogP contribution is 2.24. The molecule has 0 aromatic carbocycles. The summed E-state index contributed by atoms with van der Waals surface area (Å²) in [6.07, 6.45) is 4.15. The molecule has 1 aliphatic heterocycles. The van der Waals surface area contributed by atoms with Crippen LogP contribution in [0, 0.1) is 0 Å². The van der Waals surface area contributed by atoms with Crippen LogP contribution >= 0.6 is 11.8 Å². The highest BCUT2D eigenvalue weighted by Gasteiger charge is 2.24. The Morgan fingerprint density at radius 3 is 2.79 bits per heavy atom. The minimum absolute atomic E-state index is 0.718. The van der Waals surface area contributed by atoms with Crippen LogP contribution in [0.1, 0.15) is 17.2 Å². The van der Waals surface area contributed by atoms with Gasteiger partial charge in [-0.1, -0.05) is 6.07 Å². The summed E-state index contributed by atoms with van der Waals surface area (Å²) in [5.74, 6) is 1.74. The van der Waals surface area contributed by atoms with Crippen molar-refractivity contribution in [2.75, 3.05) is 26.4 Å². The normalized spacial score (nSPS) is 18.1. The number of likely N-dealkylation sites (N-methyl/N-ethyl adjacent to an activating group) is 1. The zero-order valence-electron chi connectivity index (χ0n) is 8.73. The molecule has 14 heavy (non-hydrogen) atoms. The van der Waals surface area contributed by atoms with E-state index in [0.717, 1.165) is 11.7 Å². The van der Waals surface area contributed by atoms with Gasteiger partial charge in [0.2, 0.25) is 0 Å². The first-order valence-electron chi connectivity index (χ1n) is 4.92. The van der Waals surface area contributed by atoms with E-state index in [0.29, 0.717) is 0 Å². The quantitative estimate of drug-likeness (QED) is 0.755. The van der Waals surface area contributed by atoms with Gasteiger partial charge in [0.25, 0.3) is 0 Å². The molecular weight excluding hydrogens is 192 g/mol. The molecule has 0 bridgehead atoms. The lowest BCUT2D eigenvalue weighted by Crippen LogP contribution is -2.41. The Morgan fingerprint density at radius 1 is 1.50 bits per heavy atom. The van der Waals surface area contributed by atoms with Gasteiger partial charge >= 0.3 is 0 Å². The van der Waals surface area contributed by atoms with Gasteiger partial charge in [-0.2, -0.15) is 11.8 Å². The molecule has 1 aromatic rings. The van der Waals surface area contributed by atoms with E-state index in [1.54, 1.807) is 0 Å². The molecule has 2 rings (SSSR count). The summed E-state index contributed by atoms with van der Waals surface area (Å²) in [6.45, 7) is 2.37. The van der Waals surface area contributed by atoms with Crippen LogP contribution < -0.4 is 0 Å². The Kier molecular flexibility index (Phi) is 3.08. The maximum Gasteiger partial charge on any atom is 0.0502 e. The summed E-state index contributed by atoms with van der Waals surface area (Å²) in [5.41, 5.74) is 2.59. The first kappa shape index (κ1) is 9.99. The second-order valence-corrected chi connectivity index (χ2v) is 4.80. The molecule has 0 amide bonds. The van der Waals surface area contributed by atoms with E-state index >= 15 is 0 Å². The van der Waals surface area contributed by atoms with Crippen molar-refractivity contribution in [3.8, 4) is 0 Å². The molecule has 0 radical (unpaired) electrons. The van der Waals surface area contributed by atoms with E-state index in [9.17, 15) is 0 Å². The van der Waals surface area contributed by atoms with Gasteiger partial charge < -0.3 is 4.90 Å². The smallest absolute Gasteiger partial charge is 0.0502 e. The number of thioether (sulfide) groups is 1. The molecule has 0 aliphatic carbocycles. The van der Waals surface area contributed by atoms with Crippen molar-refractivity contribution in [1.29, 1.82) is 0 Å². The number of hydrogen-bond acceptors (Lipinski definition) is 3. The second kappa shape index (κ2) is 4.32. The average Bonchev–Trinajstić information content (AvgIpc) is 2.15. The molecule has 3 heteroatoms. The largest absolute Gasteiger partial charge is 0.305 e. The summed E-state index contributed by atoms with van der Waals surface area (Å²) < 4.78 is 0. The fourth-order valence-electron chi connectivity index (χ4n) is 1.82. The summed E-state index contributed by atoms with van der Waals surface area (Å²) in [6, 6.07) is 4.39. The fourth-order valence-corrected chi connectivity index (χ4v) is 2.29. The van der Waals surface area contributed by atoms with Crippen LogP contribution in [0.25, 0.3) is 0 Å². The van der Waals surface area contributed by atoms with Crippen LogP contribution in [0.2, 0.25) is 0 Å². The van der Waals surface area contributed by atoms with Gasteiger partial charge in [0.05, 0.1) is 5.69 Å². The van der Waals surface area contributed by atoms with Crippen molar-refractivity contribution in [3.05, 3.63) is 29.6 Å². The maximum absolute atomic E-state index is 4.46. The monoisotopic (exact) mass is 208 g/mol. The highest BCUT2D eigenvalue weighted by molar-refractivity contribution is 7.97. The third-order valence-corrected chi connectivity index (χ3v) is 3.26. The molecule has 2 heterocycles. The standard InChI is InChI=1S/C11H16N2S/c1-13-6-10(7-13)9-3-4-11(8-14-2)12-5-9/h3-5,10H,6-8H2,1-2H3. The van der Waals surface area contributed by atoms with Gasteiger partial charge in [-0.15, -0.1) is 0 Å². The van der Waals surface area contributed by atoms with Crippen molar-refractivity contribution in [2.24, 2.45) is 0 Å². The zero-order valence-corrected chi connectivity index (χ0v) is 9.55. The zero-order chi connectivity index (χ0) is 9.97. The number of pyridine rings is 1. The molecule has 0 saturated carbocycles. The molecule has 0 spiro atoms. The lowest BCUT2D eigenvalue weighted by Gasteiger charge is -2.36. The number of likely N-dealkylation sites (tertiary alicyclic amines) is 1. The van der Waals surface area contributed by atoms with E-state index < -0.39 is 0 Å². The van der Waals surface area contributed by atoms with Gasteiger partial charge in [-0.05, 0) is 24.9 Å². The molecule has 1 aromatic heterocycles. The summed E-state index contributed by atoms with van der Waals surface area (Å²) in [7, 11) is 2.16. The van der Waals surface area contributed by atoms with Crippen LogP contribution in [-0.2, 0) is 5.75 Å². The molecule has 1 saturated heterocycles. The van der Waals surface area contributed by atoms with Crippen LogP contribution in [-0.4, -0.2) is 36.3 Å². The third-order valence-electron chi connectivity index (χ3n) is 2.68. The molecule has 0 N–H and O–H groups in total. The summed E-state index contributed by atoms with van der Waals surface area (Å²) in [4.78, 5) is 6.79. The summed E-state index contributed by atoms with van der Waals surface area (Å²) >= 11 is 1.82. The molecule has 0 atom stereocenters. The Bertz CT molecular complexity index is 291. The lowest BCUT2D eigenvalue weighted by molar-refractivity contribution is 0.189. The minimum Gasteiger partial charge on any atom is -0.305 e. The van der Waals surface area contributed by atoms with Gasteiger partial charge in [0.15, 0.2) is 0 Å². The molecule has 76 valence electrons. The molecule has 1 fully saturated rings. The number of hydrogen-bond donors (Lipinski definition) is 0. The SMILES string of the molecule is CSCc1ccc(C2CN(C)C2)cn1. The fraction of sp³-hybridized carbons (Fsp3) is 0.545. The topological polar surface area (TPSA) is 16.1 Å². The number of rotatable bonds is 3. The average molecular weight is 208 g/mol. The van der Waals surface area contributed by atoms with Crippen LogP contribution in [0.15, 0.2) is 18.3 Å². The Morgan fingerprint density at radius 2 is 2.29 bits per heavy atom. The predicted molar refractivity (Wildman–Crippen MR) is 61.7 cm³/mol. The first-order chi connectivity index (χ1) is 6.79. The van der Waals surface area contributed by atoms with E-state index in [1.165, 1.54) is 24.3 Å². The predicted octanol–water partition coefficient (Wildman–Crippen LogP) is 1.97. The second-order valence-electron chi connectivity index (χ2n) is 3.93.